The van der Waals surface area contributed by atoms with Gasteiger partial charge in [0.15, 0.2) is 12.7 Å². The number of nitrogens with zero attached hydrogens (tertiary/aromatic N) is 6. The molecule has 4 rings (SSSR count). The van der Waals surface area contributed by atoms with Gasteiger partial charge < -0.3 is 14.5 Å². The number of amides is 1. The Morgan fingerprint density at radius 3 is 2.50 bits per heavy atom. The maximum Gasteiger partial charge on any atom is 0.274 e. The average Bonchev–Trinajstić information content (AvgIpc) is 3.19. The van der Waals surface area contributed by atoms with Gasteiger partial charge in [-0.1, -0.05) is 28.9 Å². The van der Waals surface area contributed by atoms with Crippen LogP contribution in [0, 0.1) is 4.91 Å². The number of anilines is 1. The molecule has 1 aliphatic heterocycles. The molecular formula is C22H24ClN6O3+. The zero-order chi connectivity index (χ0) is 22.8. The summed E-state index contributed by atoms with van der Waals surface area (Å²) < 4.78 is 7.72. The Kier molecular flexibility index (Phi) is 6.09. The molecule has 32 heavy (non-hydrogen) atoms. The normalized spacial score (nSPS) is 13.9. The van der Waals surface area contributed by atoms with Crippen LogP contribution in [0.1, 0.15) is 10.5 Å². The summed E-state index contributed by atoms with van der Waals surface area (Å²) in [7, 11) is 4.73. The molecule has 1 aromatic heterocycles. The fourth-order valence-corrected chi connectivity index (χ4v) is 4.16. The zero-order valence-electron chi connectivity index (χ0n) is 18.2. The lowest BCUT2D eigenvalue weighted by molar-refractivity contribution is -0.428. The van der Waals surface area contributed by atoms with E-state index in [0.717, 1.165) is 16.0 Å². The van der Waals surface area contributed by atoms with Gasteiger partial charge in [-0.15, -0.1) is 5.10 Å². The summed E-state index contributed by atoms with van der Waals surface area (Å²) in [5.41, 5.74) is 2.99. The lowest BCUT2D eigenvalue weighted by Crippen LogP contribution is -2.49. The molecule has 1 aliphatic rings. The second kappa shape index (κ2) is 8.96. The number of para-hydroxylation sites is 1. The molecule has 2 aromatic carbocycles. The third-order valence-corrected chi connectivity index (χ3v) is 5.90. The monoisotopic (exact) mass is 455 g/mol. The number of hydrogen-bond donors (Lipinski definition) is 0. The highest BCUT2D eigenvalue weighted by Crippen LogP contribution is 2.32. The number of halogens is 1. The summed E-state index contributed by atoms with van der Waals surface area (Å²) in [6.45, 7) is 2.28. The van der Waals surface area contributed by atoms with Gasteiger partial charge in [-0.25, -0.2) is 4.68 Å². The second-order valence-electron chi connectivity index (χ2n) is 7.52. The number of rotatable bonds is 5. The van der Waals surface area contributed by atoms with Crippen molar-refractivity contribution in [2.75, 3.05) is 45.2 Å². The van der Waals surface area contributed by atoms with Gasteiger partial charge in [0.05, 0.1) is 17.8 Å². The third-order valence-electron chi connectivity index (χ3n) is 5.59. The van der Waals surface area contributed by atoms with E-state index < -0.39 is 0 Å². The second-order valence-corrected chi connectivity index (χ2v) is 7.93. The summed E-state index contributed by atoms with van der Waals surface area (Å²) in [6.07, 6.45) is 0. The van der Waals surface area contributed by atoms with Gasteiger partial charge in [0.25, 0.3) is 11.6 Å². The van der Waals surface area contributed by atoms with E-state index in [1.54, 1.807) is 31.2 Å². The van der Waals surface area contributed by atoms with Crippen molar-refractivity contribution in [1.29, 1.82) is 0 Å². The number of piperazine rings is 1. The molecular weight excluding hydrogens is 432 g/mol. The summed E-state index contributed by atoms with van der Waals surface area (Å²) in [4.78, 5) is 28.8. The first-order chi connectivity index (χ1) is 15.4. The molecule has 1 fully saturated rings. The quantitative estimate of drug-likeness (QED) is 0.549. The number of methoxy groups -OCH3 is 1. The number of nitroso groups, excluding NO2 is 1. The van der Waals surface area contributed by atoms with Crippen molar-refractivity contribution in [2.24, 2.45) is 7.05 Å². The maximum atomic E-state index is 13.4. The molecule has 9 nitrogen and oxygen atoms in total. The smallest absolute Gasteiger partial charge is 0.274 e. The molecule has 1 amide bonds. The third kappa shape index (κ3) is 4.03. The van der Waals surface area contributed by atoms with E-state index in [2.05, 4.69) is 15.2 Å². The molecule has 166 valence electrons. The van der Waals surface area contributed by atoms with Crippen LogP contribution < -0.4 is 9.64 Å². The van der Waals surface area contributed by atoms with Crippen molar-refractivity contribution in [2.45, 2.75) is 0 Å². The number of ether oxygens (including phenoxy) is 1. The van der Waals surface area contributed by atoms with Gasteiger partial charge in [-0.05, 0) is 18.2 Å². The van der Waals surface area contributed by atoms with Crippen LogP contribution in [-0.2, 0) is 7.05 Å². The van der Waals surface area contributed by atoms with E-state index in [1.165, 1.54) is 11.7 Å². The van der Waals surface area contributed by atoms with E-state index in [9.17, 15) is 9.70 Å². The first-order valence-corrected chi connectivity index (χ1v) is 10.6. The topological polar surface area (TPSA) is 83.6 Å². The van der Waals surface area contributed by atoms with Crippen LogP contribution in [0.15, 0.2) is 42.5 Å². The van der Waals surface area contributed by atoms with Crippen molar-refractivity contribution in [3.63, 3.8) is 0 Å². The molecule has 2 heterocycles. The van der Waals surface area contributed by atoms with Crippen LogP contribution in [0.3, 0.4) is 0 Å². The van der Waals surface area contributed by atoms with Crippen molar-refractivity contribution < 1.29 is 14.3 Å². The Balaban J connectivity index is 1.53. The van der Waals surface area contributed by atoms with Gasteiger partial charge >= 0.3 is 0 Å². The maximum absolute atomic E-state index is 13.4. The van der Waals surface area contributed by atoms with E-state index in [-0.39, 0.29) is 5.91 Å². The van der Waals surface area contributed by atoms with Crippen LogP contribution in [0.25, 0.3) is 11.3 Å². The van der Waals surface area contributed by atoms with Crippen LogP contribution in [-0.4, -0.2) is 70.9 Å². The molecule has 3 aromatic rings. The first-order valence-electron chi connectivity index (χ1n) is 10.2. The number of carbonyl (C=O) groups is 1. The highest BCUT2D eigenvalue weighted by atomic mass is 35.5. The summed E-state index contributed by atoms with van der Waals surface area (Å²) >= 11 is 6.41. The van der Waals surface area contributed by atoms with Gasteiger partial charge in [-0.3, -0.25) is 4.79 Å². The number of benzene rings is 2. The number of aromatic nitrogens is 3. The Bertz CT molecular complexity index is 1170. The molecule has 0 bridgehead atoms. The fraction of sp³-hybridized carbons (Fsp3) is 0.318. The van der Waals surface area contributed by atoms with Crippen molar-refractivity contribution in [1.82, 2.24) is 19.9 Å². The number of carbonyl (C=O) groups excluding carboxylic acids is 1. The van der Waals surface area contributed by atoms with E-state index >= 15 is 0 Å². The predicted molar refractivity (Wildman–Crippen MR) is 122 cm³/mol. The summed E-state index contributed by atoms with van der Waals surface area (Å²) in [6, 6.07) is 12.7. The molecule has 0 saturated carbocycles. The highest BCUT2D eigenvalue weighted by molar-refractivity contribution is 6.33. The highest BCUT2D eigenvalue weighted by Gasteiger charge is 2.29. The van der Waals surface area contributed by atoms with E-state index in [4.69, 9.17) is 16.3 Å². The molecule has 0 aliphatic carbocycles. The molecule has 1 saturated heterocycles. The summed E-state index contributed by atoms with van der Waals surface area (Å²) in [5, 5.41) is 8.84. The Labute approximate surface area is 190 Å². The molecule has 0 radical (unpaired) electrons. The van der Waals surface area contributed by atoms with Crippen molar-refractivity contribution >= 4 is 28.9 Å². The van der Waals surface area contributed by atoms with Crippen LogP contribution >= 0.6 is 11.6 Å². The van der Waals surface area contributed by atoms with Gasteiger partial charge in [0.2, 0.25) is 0 Å². The standard InChI is InChI=1S/C22H24ClN6O3/c1-26-21(20(24-25-26)16-6-4-5-7-19(16)32-3)22(30)29-12-10-28(11-13-29)18-9-8-15(27(2)31)14-17(18)23/h4-9,14H,10-13H2,1-3H3/q+1. The van der Waals surface area contributed by atoms with Gasteiger partial charge in [0, 0.05) is 60.6 Å². The van der Waals surface area contributed by atoms with Gasteiger partial charge in [0.1, 0.15) is 11.4 Å². The summed E-state index contributed by atoms with van der Waals surface area (Å²) in [5.74, 6) is 0.501. The lowest BCUT2D eigenvalue weighted by Gasteiger charge is -2.36. The molecule has 0 atom stereocenters. The van der Waals surface area contributed by atoms with Crippen molar-refractivity contribution in [3.8, 4) is 17.0 Å². The molecule has 0 unspecified atom stereocenters. The van der Waals surface area contributed by atoms with Crippen LogP contribution in [0.4, 0.5) is 11.4 Å². The number of aryl methyl sites for hydroxylation is 1. The predicted octanol–water partition coefficient (Wildman–Crippen LogP) is 3.15. The number of hydrogen-bond acceptors (Lipinski definition) is 6. The van der Waals surface area contributed by atoms with E-state index in [0.29, 0.717) is 54.0 Å². The van der Waals surface area contributed by atoms with Crippen LogP contribution in [0.5, 0.6) is 5.75 Å². The fourth-order valence-electron chi connectivity index (χ4n) is 3.87. The minimum atomic E-state index is -0.132. The minimum Gasteiger partial charge on any atom is -0.496 e. The Hall–Kier alpha value is -3.46. The SMILES string of the molecule is COc1ccccc1-c1nnn(C)c1C(=O)N1CCN(c2ccc([N+](C)=O)cc2Cl)CC1. The zero-order valence-corrected chi connectivity index (χ0v) is 18.9. The van der Waals surface area contributed by atoms with E-state index in [1.807, 2.05) is 30.3 Å². The minimum absolute atomic E-state index is 0.132. The largest absolute Gasteiger partial charge is 0.496 e. The molecule has 10 heteroatoms. The molecule has 0 spiro atoms. The Morgan fingerprint density at radius 2 is 1.84 bits per heavy atom. The lowest BCUT2D eigenvalue weighted by atomic mass is 10.1. The Morgan fingerprint density at radius 1 is 1.12 bits per heavy atom. The van der Waals surface area contributed by atoms with Crippen LogP contribution in [0.2, 0.25) is 5.02 Å². The van der Waals surface area contributed by atoms with Crippen molar-refractivity contribution in [3.05, 3.63) is 58.1 Å². The molecule has 0 N–H and O–H groups in total. The van der Waals surface area contributed by atoms with Gasteiger partial charge in [-0.2, -0.15) is 0 Å². The first kappa shape index (κ1) is 21.8. The average molecular weight is 456 g/mol.